The maximum absolute atomic E-state index is 11.5. The summed E-state index contributed by atoms with van der Waals surface area (Å²) in [5.74, 6) is -0.0228. The monoisotopic (exact) mass is 294 g/mol. The van der Waals surface area contributed by atoms with Crippen molar-refractivity contribution in [2.24, 2.45) is 0 Å². The molecule has 0 aliphatic carbocycles. The topological polar surface area (TPSA) is 54.3 Å². The summed E-state index contributed by atoms with van der Waals surface area (Å²) < 4.78 is 2.12. The number of nitrogens with zero attached hydrogens (tertiary/aromatic N) is 1. The fraction of sp³-hybridized carbons (Fsp3) is 0.400. The normalized spacial score (nSPS) is 12.6. The zero-order valence-corrected chi connectivity index (χ0v) is 12.2. The largest absolute Gasteiger partial charge is 0.392 e. The van der Waals surface area contributed by atoms with Crippen LogP contribution in [0.15, 0.2) is 30.5 Å². The Balaban J connectivity index is 1.85. The van der Waals surface area contributed by atoms with Gasteiger partial charge in [-0.25, -0.2) is 0 Å². The lowest BCUT2D eigenvalue weighted by atomic mass is 10.2. The molecule has 0 fully saturated rings. The Morgan fingerprint density at radius 3 is 3.00 bits per heavy atom. The van der Waals surface area contributed by atoms with Crippen molar-refractivity contribution in [1.82, 2.24) is 9.88 Å². The molecule has 1 amide bonds. The van der Waals surface area contributed by atoms with Crippen molar-refractivity contribution in [2.75, 3.05) is 6.54 Å². The zero-order valence-electron chi connectivity index (χ0n) is 11.5. The SMILES string of the molecule is CC(O)CNC(=O)CCCn1ccc2cc(Cl)ccc21. The Kier molecular flexibility index (Phi) is 5.04. The number of rotatable bonds is 6. The number of carbonyl (C=O) groups excluding carboxylic acids is 1. The summed E-state index contributed by atoms with van der Waals surface area (Å²) in [6, 6.07) is 7.82. The summed E-state index contributed by atoms with van der Waals surface area (Å²) in [6.07, 6.45) is 2.73. The van der Waals surface area contributed by atoms with E-state index in [1.54, 1.807) is 6.92 Å². The number of aryl methyl sites for hydroxylation is 1. The first-order valence-electron chi connectivity index (χ1n) is 6.75. The van der Waals surface area contributed by atoms with E-state index in [9.17, 15) is 4.79 Å². The highest BCUT2D eigenvalue weighted by Crippen LogP contribution is 2.20. The van der Waals surface area contributed by atoms with Gasteiger partial charge in [-0.3, -0.25) is 4.79 Å². The van der Waals surface area contributed by atoms with Gasteiger partial charge in [0.1, 0.15) is 0 Å². The molecule has 4 nitrogen and oxygen atoms in total. The number of halogens is 1. The summed E-state index contributed by atoms with van der Waals surface area (Å²) in [5.41, 5.74) is 1.12. The third-order valence-corrected chi connectivity index (χ3v) is 3.37. The van der Waals surface area contributed by atoms with Crippen molar-refractivity contribution in [2.45, 2.75) is 32.4 Å². The van der Waals surface area contributed by atoms with Gasteiger partial charge in [-0.15, -0.1) is 0 Å². The van der Waals surface area contributed by atoms with Crippen LogP contribution in [0.1, 0.15) is 19.8 Å². The van der Waals surface area contributed by atoms with Crippen LogP contribution in [0.4, 0.5) is 0 Å². The van der Waals surface area contributed by atoms with E-state index in [0.717, 1.165) is 28.9 Å². The molecule has 1 atom stereocenters. The van der Waals surface area contributed by atoms with Gasteiger partial charge in [-0.2, -0.15) is 0 Å². The molecule has 1 aromatic carbocycles. The van der Waals surface area contributed by atoms with E-state index in [-0.39, 0.29) is 5.91 Å². The average Bonchev–Trinajstić information content (AvgIpc) is 2.79. The number of hydrogen-bond acceptors (Lipinski definition) is 2. The van der Waals surface area contributed by atoms with Crippen molar-refractivity contribution >= 4 is 28.4 Å². The van der Waals surface area contributed by atoms with Gasteiger partial charge in [0.2, 0.25) is 5.91 Å². The lowest BCUT2D eigenvalue weighted by molar-refractivity contribution is -0.121. The van der Waals surface area contributed by atoms with E-state index in [2.05, 4.69) is 9.88 Å². The molecule has 1 aromatic heterocycles. The molecule has 0 bridgehead atoms. The van der Waals surface area contributed by atoms with E-state index in [1.165, 1.54) is 0 Å². The Morgan fingerprint density at radius 2 is 2.25 bits per heavy atom. The summed E-state index contributed by atoms with van der Waals surface area (Å²) in [4.78, 5) is 11.5. The van der Waals surface area contributed by atoms with E-state index in [4.69, 9.17) is 16.7 Å². The standard InChI is InChI=1S/C15H19ClN2O2/c1-11(19)10-17-15(20)3-2-7-18-8-6-12-9-13(16)4-5-14(12)18/h4-6,8-9,11,19H,2-3,7,10H2,1H3,(H,17,20). The van der Waals surface area contributed by atoms with E-state index in [1.807, 2.05) is 30.5 Å². The number of fused-ring (bicyclic) bond motifs is 1. The van der Waals surface area contributed by atoms with E-state index >= 15 is 0 Å². The van der Waals surface area contributed by atoms with Crippen LogP contribution in [0.5, 0.6) is 0 Å². The summed E-state index contributed by atoms with van der Waals surface area (Å²) in [7, 11) is 0. The highest BCUT2D eigenvalue weighted by Gasteiger charge is 2.05. The maximum Gasteiger partial charge on any atom is 0.220 e. The maximum atomic E-state index is 11.5. The molecule has 2 rings (SSSR count). The van der Waals surface area contributed by atoms with Crippen LogP contribution in [0.25, 0.3) is 10.9 Å². The Hall–Kier alpha value is -1.52. The van der Waals surface area contributed by atoms with Gasteiger partial charge in [-0.1, -0.05) is 11.6 Å². The van der Waals surface area contributed by atoms with Crippen molar-refractivity contribution in [3.05, 3.63) is 35.5 Å². The smallest absolute Gasteiger partial charge is 0.220 e. The van der Waals surface area contributed by atoms with Gasteiger partial charge in [-0.05, 0) is 37.6 Å². The van der Waals surface area contributed by atoms with Crippen molar-refractivity contribution < 1.29 is 9.90 Å². The van der Waals surface area contributed by atoms with Crippen LogP contribution < -0.4 is 5.32 Å². The van der Waals surface area contributed by atoms with Crippen molar-refractivity contribution in [3.8, 4) is 0 Å². The lowest BCUT2D eigenvalue weighted by Gasteiger charge is -2.08. The average molecular weight is 295 g/mol. The van der Waals surface area contributed by atoms with Crippen LogP contribution in [0.2, 0.25) is 5.02 Å². The number of nitrogens with one attached hydrogen (secondary N) is 1. The Bertz CT molecular complexity index is 593. The summed E-state index contributed by atoms with van der Waals surface area (Å²) in [6.45, 7) is 2.74. The number of hydrogen-bond donors (Lipinski definition) is 2. The molecule has 1 unspecified atom stereocenters. The van der Waals surface area contributed by atoms with Crippen LogP contribution in [-0.2, 0) is 11.3 Å². The third-order valence-electron chi connectivity index (χ3n) is 3.13. The minimum atomic E-state index is -0.503. The Morgan fingerprint density at radius 1 is 1.45 bits per heavy atom. The molecule has 2 N–H and O–H groups in total. The van der Waals surface area contributed by atoms with Gasteiger partial charge < -0.3 is 15.0 Å². The molecule has 0 saturated carbocycles. The summed E-state index contributed by atoms with van der Waals surface area (Å²) in [5, 5.41) is 13.6. The lowest BCUT2D eigenvalue weighted by Crippen LogP contribution is -2.30. The third kappa shape index (κ3) is 3.99. The molecule has 5 heteroatoms. The highest BCUT2D eigenvalue weighted by molar-refractivity contribution is 6.31. The second kappa shape index (κ2) is 6.77. The second-order valence-electron chi connectivity index (χ2n) is 4.97. The molecule has 0 aliphatic rings. The molecule has 0 aliphatic heterocycles. The van der Waals surface area contributed by atoms with Crippen molar-refractivity contribution in [1.29, 1.82) is 0 Å². The fourth-order valence-corrected chi connectivity index (χ4v) is 2.31. The number of carbonyl (C=O) groups is 1. The number of benzene rings is 1. The molecule has 108 valence electrons. The first-order chi connectivity index (χ1) is 9.56. The number of aromatic nitrogens is 1. The first kappa shape index (κ1) is 14.9. The molecule has 20 heavy (non-hydrogen) atoms. The van der Waals surface area contributed by atoms with Gasteiger partial charge in [0, 0.05) is 41.6 Å². The molecule has 2 aromatic rings. The van der Waals surface area contributed by atoms with Crippen LogP contribution in [0, 0.1) is 0 Å². The molecule has 0 saturated heterocycles. The predicted molar refractivity (Wildman–Crippen MR) is 80.9 cm³/mol. The van der Waals surface area contributed by atoms with Gasteiger partial charge in [0.25, 0.3) is 0 Å². The summed E-state index contributed by atoms with van der Waals surface area (Å²) >= 11 is 5.95. The number of aliphatic hydroxyl groups is 1. The highest BCUT2D eigenvalue weighted by atomic mass is 35.5. The molecule has 0 radical (unpaired) electrons. The fourth-order valence-electron chi connectivity index (χ4n) is 2.13. The molecular formula is C15H19ClN2O2. The number of amides is 1. The first-order valence-corrected chi connectivity index (χ1v) is 7.13. The van der Waals surface area contributed by atoms with Crippen molar-refractivity contribution in [3.63, 3.8) is 0 Å². The van der Waals surface area contributed by atoms with Gasteiger partial charge in [0.15, 0.2) is 0 Å². The Labute approximate surface area is 123 Å². The molecule has 1 heterocycles. The second-order valence-corrected chi connectivity index (χ2v) is 5.41. The minimum Gasteiger partial charge on any atom is -0.392 e. The van der Waals surface area contributed by atoms with Gasteiger partial charge >= 0.3 is 0 Å². The predicted octanol–water partition coefficient (Wildman–Crippen LogP) is 2.57. The quantitative estimate of drug-likeness (QED) is 0.860. The van der Waals surface area contributed by atoms with E-state index in [0.29, 0.717) is 13.0 Å². The molecular weight excluding hydrogens is 276 g/mol. The zero-order chi connectivity index (χ0) is 14.5. The number of aliphatic hydroxyl groups excluding tert-OH is 1. The molecule has 0 spiro atoms. The van der Waals surface area contributed by atoms with Gasteiger partial charge in [0.05, 0.1) is 6.10 Å². The van der Waals surface area contributed by atoms with Crippen LogP contribution in [-0.4, -0.2) is 28.2 Å². The van der Waals surface area contributed by atoms with Crippen LogP contribution in [0.3, 0.4) is 0 Å². The van der Waals surface area contributed by atoms with Crippen LogP contribution >= 0.6 is 11.6 Å². The minimum absolute atomic E-state index is 0.0228. The van der Waals surface area contributed by atoms with E-state index < -0.39 is 6.10 Å².